The highest BCUT2D eigenvalue weighted by molar-refractivity contribution is 7.89. The van der Waals surface area contributed by atoms with Gasteiger partial charge in [0.05, 0.1) is 10.9 Å². The van der Waals surface area contributed by atoms with Crippen LogP contribution in [-0.4, -0.2) is 56.8 Å². The lowest BCUT2D eigenvalue weighted by Gasteiger charge is -2.31. The van der Waals surface area contributed by atoms with E-state index in [-0.39, 0.29) is 28.2 Å². The number of carbonyl (C=O) groups excluding carboxylic acids is 1. The van der Waals surface area contributed by atoms with Crippen LogP contribution in [0.4, 0.5) is 4.39 Å². The third-order valence-electron chi connectivity index (χ3n) is 4.91. The molecule has 1 heterocycles. The van der Waals surface area contributed by atoms with Crippen LogP contribution in [0.2, 0.25) is 0 Å². The zero-order chi connectivity index (χ0) is 20.3. The van der Waals surface area contributed by atoms with E-state index in [4.69, 9.17) is 0 Å². The molecule has 1 aliphatic rings. The summed E-state index contributed by atoms with van der Waals surface area (Å²) in [7, 11) is -1.69. The fourth-order valence-corrected chi connectivity index (χ4v) is 4.56. The lowest BCUT2D eigenvalue weighted by molar-refractivity contribution is 0.0939. The topological polar surface area (TPSA) is 69.7 Å². The molecule has 1 aliphatic heterocycles. The summed E-state index contributed by atoms with van der Waals surface area (Å²) in [5, 5.41) is 2.82. The van der Waals surface area contributed by atoms with E-state index in [1.54, 1.807) is 31.2 Å². The molecule has 28 heavy (non-hydrogen) atoms. The molecule has 8 heteroatoms. The van der Waals surface area contributed by atoms with Crippen LogP contribution in [0.15, 0.2) is 53.4 Å². The second-order valence-corrected chi connectivity index (χ2v) is 8.92. The van der Waals surface area contributed by atoms with Gasteiger partial charge in [0.2, 0.25) is 10.0 Å². The van der Waals surface area contributed by atoms with Crippen molar-refractivity contribution in [3.05, 3.63) is 65.5 Å². The van der Waals surface area contributed by atoms with E-state index in [2.05, 4.69) is 10.2 Å². The summed E-state index contributed by atoms with van der Waals surface area (Å²) in [4.78, 5) is 14.8. The van der Waals surface area contributed by atoms with Crippen LogP contribution in [0.1, 0.15) is 28.9 Å². The van der Waals surface area contributed by atoms with E-state index in [9.17, 15) is 17.6 Å². The lowest BCUT2D eigenvalue weighted by atomic mass is 10.1. The number of rotatable bonds is 5. The molecular weight excluding hydrogens is 381 g/mol. The molecule has 0 aromatic heterocycles. The van der Waals surface area contributed by atoms with Gasteiger partial charge in [-0.25, -0.2) is 12.8 Å². The van der Waals surface area contributed by atoms with E-state index >= 15 is 0 Å². The molecule has 0 radical (unpaired) electrons. The van der Waals surface area contributed by atoms with Crippen molar-refractivity contribution in [2.45, 2.75) is 17.9 Å². The Morgan fingerprint density at radius 1 is 1.07 bits per heavy atom. The highest BCUT2D eigenvalue weighted by Gasteiger charge is 2.28. The van der Waals surface area contributed by atoms with E-state index in [0.717, 1.165) is 5.56 Å². The van der Waals surface area contributed by atoms with Crippen molar-refractivity contribution in [2.24, 2.45) is 0 Å². The highest BCUT2D eigenvalue weighted by atomic mass is 32.2. The molecule has 1 unspecified atom stereocenters. The summed E-state index contributed by atoms with van der Waals surface area (Å²) in [5.41, 5.74) is 1.03. The quantitative estimate of drug-likeness (QED) is 0.829. The fraction of sp³-hybridized carbons (Fsp3) is 0.350. The number of hydrogen-bond acceptors (Lipinski definition) is 4. The number of sulfonamides is 1. The first-order valence-corrected chi connectivity index (χ1v) is 10.6. The van der Waals surface area contributed by atoms with Crippen LogP contribution in [0.3, 0.4) is 0 Å². The van der Waals surface area contributed by atoms with Gasteiger partial charge in [-0.3, -0.25) is 4.79 Å². The highest BCUT2D eigenvalue weighted by Crippen LogP contribution is 2.20. The molecule has 150 valence electrons. The second-order valence-electron chi connectivity index (χ2n) is 6.98. The Hall–Kier alpha value is -2.29. The third kappa shape index (κ3) is 4.57. The maximum atomic E-state index is 13.1. The molecule has 3 rings (SSSR count). The Bertz CT molecular complexity index is 939. The maximum Gasteiger partial charge on any atom is 0.251 e. The standard InChI is InChI=1S/C20H24FN3O3S/c1-15(16-6-8-18(21)9-7-16)22-20(25)17-4-3-5-19(14-17)28(26,27)24-12-10-23(2)11-13-24/h3-9,14-15H,10-13H2,1-2H3,(H,22,25). The number of halogens is 1. The molecule has 0 bridgehead atoms. The Balaban J connectivity index is 1.75. The van der Waals surface area contributed by atoms with Crippen LogP contribution in [0, 0.1) is 5.82 Å². The Labute approximate surface area is 165 Å². The zero-order valence-electron chi connectivity index (χ0n) is 15.9. The molecule has 0 saturated carbocycles. The number of nitrogens with one attached hydrogen (secondary N) is 1. The Morgan fingerprint density at radius 3 is 2.36 bits per heavy atom. The van der Waals surface area contributed by atoms with Gasteiger partial charge in [-0.2, -0.15) is 4.31 Å². The van der Waals surface area contributed by atoms with Crippen molar-refractivity contribution >= 4 is 15.9 Å². The molecule has 2 aromatic rings. The Kier molecular flexibility index (Phi) is 6.12. The van der Waals surface area contributed by atoms with Crippen LogP contribution in [0.25, 0.3) is 0 Å². The van der Waals surface area contributed by atoms with Gasteiger partial charge in [-0.1, -0.05) is 18.2 Å². The van der Waals surface area contributed by atoms with E-state index in [0.29, 0.717) is 26.2 Å². The molecule has 0 aliphatic carbocycles. The van der Waals surface area contributed by atoms with Crippen molar-refractivity contribution in [1.82, 2.24) is 14.5 Å². The number of carbonyl (C=O) groups is 1. The SMILES string of the molecule is CC(NC(=O)c1cccc(S(=O)(=O)N2CCN(C)CC2)c1)c1ccc(F)cc1. The minimum atomic E-state index is -3.64. The predicted molar refractivity (Wildman–Crippen MR) is 105 cm³/mol. The molecule has 1 N–H and O–H groups in total. The fourth-order valence-electron chi connectivity index (χ4n) is 3.09. The zero-order valence-corrected chi connectivity index (χ0v) is 16.7. The van der Waals surface area contributed by atoms with E-state index in [1.807, 2.05) is 7.05 Å². The van der Waals surface area contributed by atoms with Crippen molar-refractivity contribution < 1.29 is 17.6 Å². The number of hydrogen-bond donors (Lipinski definition) is 1. The molecule has 0 spiro atoms. The summed E-state index contributed by atoms with van der Waals surface area (Å²) in [6.45, 7) is 3.99. The minimum Gasteiger partial charge on any atom is -0.346 e. The largest absolute Gasteiger partial charge is 0.346 e. The molecule has 1 atom stereocenters. The summed E-state index contributed by atoms with van der Waals surface area (Å²) >= 11 is 0. The van der Waals surface area contributed by atoms with Gasteiger partial charge in [0.1, 0.15) is 5.82 Å². The summed E-state index contributed by atoms with van der Waals surface area (Å²) in [6, 6.07) is 11.6. The van der Waals surface area contributed by atoms with Crippen LogP contribution < -0.4 is 5.32 Å². The van der Waals surface area contributed by atoms with Gasteiger partial charge >= 0.3 is 0 Å². The van der Waals surface area contributed by atoms with Gasteiger partial charge in [0, 0.05) is 31.7 Å². The molecule has 1 saturated heterocycles. The number of benzene rings is 2. The first kappa shape index (κ1) is 20.4. The van der Waals surface area contributed by atoms with Gasteiger partial charge in [0.15, 0.2) is 0 Å². The summed E-state index contributed by atoms with van der Waals surface area (Å²) in [6.07, 6.45) is 0. The second kappa shape index (κ2) is 8.38. The van der Waals surface area contributed by atoms with Crippen molar-refractivity contribution in [3.8, 4) is 0 Å². The maximum absolute atomic E-state index is 13.1. The molecule has 1 fully saturated rings. The first-order chi connectivity index (χ1) is 13.3. The number of piperazine rings is 1. The van der Waals surface area contributed by atoms with Crippen LogP contribution in [0.5, 0.6) is 0 Å². The van der Waals surface area contributed by atoms with Gasteiger partial charge in [-0.05, 0) is 49.9 Å². The van der Waals surface area contributed by atoms with Crippen molar-refractivity contribution in [3.63, 3.8) is 0 Å². The Morgan fingerprint density at radius 2 is 1.71 bits per heavy atom. The monoisotopic (exact) mass is 405 g/mol. The summed E-state index contributed by atoms with van der Waals surface area (Å²) < 4.78 is 40.3. The van der Waals surface area contributed by atoms with E-state index < -0.39 is 10.0 Å². The minimum absolute atomic E-state index is 0.110. The molecule has 2 aromatic carbocycles. The smallest absolute Gasteiger partial charge is 0.251 e. The van der Waals surface area contributed by atoms with Gasteiger partial charge < -0.3 is 10.2 Å². The normalized spacial score (nSPS) is 17.2. The molecule has 6 nitrogen and oxygen atoms in total. The number of likely N-dealkylation sites (N-methyl/N-ethyl adjacent to an activating group) is 1. The summed E-state index contributed by atoms with van der Waals surface area (Å²) in [5.74, 6) is -0.726. The molecule has 1 amide bonds. The first-order valence-electron chi connectivity index (χ1n) is 9.12. The molecular formula is C20H24FN3O3S. The van der Waals surface area contributed by atoms with Crippen molar-refractivity contribution in [2.75, 3.05) is 33.2 Å². The van der Waals surface area contributed by atoms with Gasteiger partial charge in [-0.15, -0.1) is 0 Å². The number of amides is 1. The lowest BCUT2D eigenvalue weighted by Crippen LogP contribution is -2.47. The predicted octanol–water partition coefficient (Wildman–Crippen LogP) is 2.25. The van der Waals surface area contributed by atoms with Crippen LogP contribution >= 0.6 is 0 Å². The average Bonchev–Trinajstić information content (AvgIpc) is 2.69. The van der Waals surface area contributed by atoms with E-state index in [1.165, 1.54) is 28.6 Å². The van der Waals surface area contributed by atoms with Crippen molar-refractivity contribution in [1.29, 1.82) is 0 Å². The third-order valence-corrected chi connectivity index (χ3v) is 6.81. The number of nitrogens with zero attached hydrogens (tertiary/aromatic N) is 2. The van der Waals surface area contributed by atoms with Crippen LogP contribution in [-0.2, 0) is 10.0 Å². The average molecular weight is 405 g/mol. The van der Waals surface area contributed by atoms with Gasteiger partial charge in [0.25, 0.3) is 5.91 Å².